The van der Waals surface area contributed by atoms with E-state index >= 15 is 0 Å². The SMILES string of the molecule is CCCC1CCC(=NNC(N)=O)CC1. The van der Waals surface area contributed by atoms with Gasteiger partial charge < -0.3 is 5.73 Å². The van der Waals surface area contributed by atoms with Crippen molar-refractivity contribution in [3.8, 4) is 0 Å². The maximum absolute atomic E-state index is 10.4. The molecule has 1 rings (SSSR count). The van der Waals surface area contributed by atoms with Gasteiger partial charge in [0.2, 0.25) is 0 Å². The van der Waals surface area contributed by atoms with E-state index in [4.69, 9.17) is 5.73 Å². The molecule has 1 aliphatic rings. The first-order valence-corrected chi connectivity index (χ1v) is 5.33. The third-order valence-corrected chi connectivity index (χ3v) is 2.70. The fourth-order valence-corrected chi connectivity index (χ4v) is 1.95. The Kier molecular flexibility index (Phi) is 4.43. The molecule has 0 bridgehead atoms. The molecule has 0 saturated heterocycles. The third kappa shape index (κ3) is 3.77. The second-order valence-corrected chi connectivity index (χ2v) is 3.89. The molecule has 1 saturated carbocycles. The lowest BCUT2D eigenvalue weighted by Gasteiger charge is -2.22. The number of hydrogen-bond acceptors (Lipinski definition) is 2. The van der Waals surface area contributed by atoms with E-state index in [-0.39, 0.29) is 0 Å². The Balaban J connectivity index is 2.28. The Bertz CT molecular complexity index is 215. The Morgan fingerprint density at radius 2 is 2.21 bits per heavy atom. The summed E-state index contributed by atoms with van der Waals surface area (Å²) in [7, 11) is 0. The highest BCUT2D eigenvalue weighted by Crippen LogP contribution is 2.25. The highest BCUT2D eigenvalue weighted by atomic mass is 16.2. The first kappa shape index (κ1) is 11.0. The number of rotatable bonds is 3. The number of nitrogens with zero attached hydrogens (tertiary/aromatic N) is 1. The average Bonchev–Trinajstić information content (AvgIpc) is 2.17. The predicted molar refractivity (Wildman–Crippen MR) is 57.0 cm³/mol. The summed E-state index contributed by atoms with van der Waals surface area (Å²) < 4.78 is 0. The van der Waals surface area contributed by atoms with Crippen molar-refractivity contribution < 1.29 is 4.79 Å². The lowest BCUT2D eigenvalue weighted by Crippen LogP contribution is -2.26. The molecule has 80 valence electrons. The van der Waals surface area contributed by atoms with Crippen molar-refractivity contribution in [1.82, 2.24) is 5.43 Å². The smallest absolute Gasteiger partial charge is 0.332 e. The quantitative estimate of drug-likeness (QED) is 0.667. The number of primary amides is 1. The van der Waals surface area contributed by atoms with Gasteiger partial charge in [-0.05, 0) is 31.6 Å². The van der Waals surface area contributed by atoms with Crippen molar-refractivity contribution >= 4 is 11.7 Å². The molecule has 0 aliphatic heterocycles. The van der Waals surface area contributed by atoms with Gasteiger partial charge >= 0.3 is 6.03 Å². The molecule has 4 nitrogen and oxygen atoms in total. The van der Waals surface area contributed by atoms with Crippen LogP contribution in [0, 0.1) is 5.92 Å². The van der Waals surface area contributed by atoms with Crippen LogP contribution in [0.5, 0.6) is 0 Å². The van der Waals surface area contributed by atoms with Gasteiger partial charge in [-0.15, -0.1) is 0 Å². The van der Waals surface area contributed by atoms with Crippen molar-refractivity contribution in [3.63, 3.8) is 0 Å². The number of hydrazone groups is 1. The summed E-state index contributed by atoms with van der Waals surface area (Å²) in [6, 6.07) is -0.576. The molecule has 1 fully saturated rings. The molecule has 3 N–H and O–H groups in total. The molecule has 1 aliphatic carbocycles. The zero-order valence-corrected chi connectivity index (χ0v) is 8.75. The summed E-state index contributed by atoms with van der Waals surface area (Å²) in [5, 5.41) is 3.97. The summed E-state index contributed by atoms with van der Waals surface area (Å²) in [6.45, 7) is 2.22. The van der Waals surface area contributed by atoms with Crippen LogP contribution in [0.4, 0.5) is 4.79 Å². The second kappa shape index (κ2) is 5.62. The summed E-state index contributed by atoms with van der Waals surface area (Å²) in [4.78, 5) is 10.4. The van der Waals surface area contributed by atoms with E-state index in [1.165, 1.54) is 25.7 Å². The van der Waals surface area contributed by atoms with Crippen LogP contribution in [0.15, 0.2) is 5.10 Å². The number of carbonyl (C=O) groups is 1. The minimum atomic E-state index is -0.576. The van der Waals surface area contributed by atoms with Gasteiger partial charge in [-0.2, -0.15) is 5.10 Å². The average molecular weight is 197 g/mol. The third-order valence-electron chi connectivity index (χ3n) is 2.70. The lowest BCUT2D eigenvalue weighted by molar-refractivity contribution is 0.249. The van der Waals surface area contributed by atoms with Crippen molar-refractivity contribution in [3.05, 3.63) is 0 Å². The number of nitrogens with two attached hydrogens (primary N) is 1. The number of urea groups is 1. The lowest BCUT2D eigenvalue weighted by atomic mass is 9.85. The van der Waals surface area contributed by atoms with E-state index in [9.17, 15) is 4.79 Å². The molecule has 14 heavy (non-hydrogen) atoms. The summed E-state index contributed by atoms with van der Waals surface area (Å²) in [5.74, 6) is 0.854. The van der Waals surface area contributed by atoms with Crippen molar-refractivity contribution in [2.45, 2.75) is 45.4 Å². The van der Waals surface area contributed by atoms with Gasteiger partial charge in [0, 0.05) is 5.71 Å². The van der Waals surface area contributed by atoms with E-state index in [1.807, 2.05) is 0 Å². The predicted octanol–water partition coefficient (Wildman–Crippen LogP) is 2.00. The molecule has 4 heteroatoms. The van der Waals surface area contributed by atoms with Crippen LogP contribution in [-0.2, 0) is 0 Å². The molecule has 2 amide bonds. The van der Waals surface area contributed by atoms with Gasteiger partial charge in [-0.25, -0.2) is 10.2 Å². The van der Waals surface area contributed by atoms with E-state index in [0.717, 1.165) is 24.5 Å². The van der Waals surface area contributed by atoms with Crippen LogP contribution in [0.1, 0.15) is 45.4 Å². The summed E-state index contributed by atoms with van der Waals surface area (Å²) in [5.41, 5.74) is 8.30. The zero-order valence-electron chi connectivity index (χ0n) is 8.75. The molecule has 0 aromatic rings. The Labute approximate surface area is 84.9 Å². The largest absolute Gasteiger partial charge is 0.350 e. The molecular formula is C10H19N3O. The molecule has 0 aromatic carbocycles. The van der Waals surface area contributed by atoms with Crippen LogP contribution in [0.2, 0.25) is 0 Å². The Morgan fingerprint density at radius 3 is 2.71 bits per heavy atom. The molecule has 0 atom stereocenters. The molecule has 0 radical (unpaired) electrons. The monoisotopic (exact) mass is 197 g/mol. The fraction of sp³-hybridized carbons (Fsp3) is 0.800. The van der Waals surface area contributed by atoms with Crippen LogP contribution < -0.4 is 11.2 Å². The number of carbonyl (C=O) groups excluding carboxylic acids is 1. The van der Waals surface area contributed by atoms with Crippen molar-refractivity contribution in [2.24, 2.45) is 16.8 Å². The first-order valence-electron chi connectivity index (χ1n) is 5.33. The Morgan fingerprint density at radius 1 is 1.57 bits per heavy atom. The van der Waals surface area contributed by atoms with E-state index in [1.54, 1.807) is 0 Å². The molecule has 0 unspecified atom stereocenters. The number of amides is 2. The van der Waals surface area contributed by atoms with Gasteiger partial charge in [-0.3, -0.25) is 0 Å². The van der Waals surface area contributed by atoms with Crippen LogP contribution in [0.25, 0.3) is 0 Å². The number of hydrogen-bond donors (Lipinski definition) is 2. The second-order valence-electron chi connectivity index (χ2n) is 3.89. The fourth-order valence-electron chi connectivity index (χ4n) is 1.95. The zero-order chi connectivity index (χ0) is 10.4. The summed E-state index contributed by atoms with van der Waals surface area (Å²) >= 11 is 0. The van der Waals surface area contributed by atoms with E-state index in [0.29, 0.717) is 0 Å². The maximum Gasteiger partial charge on any atom is 0.332 e. The van der Waals surface area contributed by atoms with Gasteiger partial charge in [-0.1, -0.05) is 19.8 Å². The van der Waals surface area contributed by atoms with Crippen LogP contribution in [-0.4, -0.2) is 11.7 Å². The number of nitrogens with one attached hydrogen (secondary N) is 1. The summed E-state index contributed by atoms with van der Waals surface area (Å²) in [6.07, 6.45) is 6.99. The van der Waals surface area contributed by atoms with Crippen LogP contribution in [0.3, 0.4) is 0 Å². The van der Waals surface area contributed by atoms with Crippen molar-refractivity contribution in [2.75, 3.05) is 0 Å². The first-order chi connectivity index (χ1) is 6.72. The minimum Gasteiger partial charge on any atom is -0.350 e. The molecule has 0 spiro atoms. The topological polar surface area (TPSA) is 67.5 Å². The minimum absolute atomic E-state index is 0.576. The van der Waals surface area contributed by atoms with Gasteiger partial charge in [0.1, 0.15) is 0 Å². The van der Waals surface area contributed by atoms with Crippen molar-refractivity contribution in [1.29, 1.82) is 0 Å². The molecule has 0 heterocycles. The standard InChI is InChI=1S/C10H19N3O/c1-2-3-8-4-6-9(7-5-8)12-13-10(11)14/h8H,2-7H2,1H3,(H3,11,13,14). The van der Waals surface area contributed by atoms with E-state index in [2.05, 4.69) is 17.5 Å². The highest BCUT2D eigenvalue weighted by Gasteiger charge is 2.16. The van der Waals surface area contributed by atoms with Gasteiger partial charge in [0.15, 0.2) is 0 Å². The maximum atomic E-state index is 10.4. The molecule has 0 aromatic heterocycles. The van der Waals surface area contributed by atoms with E-state index < -0.39 is 6.03 Å². The Hall–Kier alpha value is -1.06. The van der Waals surface area contributed by atoms with Crippen LogP contribution >= 0.6 is 0 Å². The van der Waals surface area contributed by atoms with Gasteiger partial charge in [0.05, 0.1) is 0 Å². The highest BCUT2D eigenvalue weighted by molar-refractivity contribution is 5.86. The van der Waals surface area contributed by atoms with Gasteiger partial charge in [0.25, 0.3) is 0 Å². The molecular weight excluding hydrogens is 178 g/mol. The normalized spacial score (nSPS) is 21.8.